The summed E-state index contributed by atoms with van der Waals surface area (Å²) in [4.78, 5) is 23.0. The number of anilines is 1. The van der Waals surface area contributed by atoms with Crippen molar-refractivity contribution in [2.24, 2.45) is 5.92 Å². The van der Waals surface area contributed by atoms with Crippen LogP contribution in [0, 0.1) is 17.6 Å². The lowest BCUT2D eigenvalue weighted by Crippen LogP contribution is -2.40. The van der Waals surface area contributed by atoms with Crippen LogP contribution >= 0.6 is 0 Å². The van der Waals surface area contributed by atoms with Gasteiger partial charge in [-0.3, -0.25) is 0 Å². The summed E-state index contributed by atoms with van der Waals surface area (Å²) in [7, 11) is 1.89. The van der Waals surface area contributed by atoms with Crippen molar-refractivity contribution < 1.29 is 18.7 Å². The summed E-state index contributed by atoms with van der Waals surface area (Å²) in [5.41, 5.74) is 0.361. The van der Waals surface area contributed by atoms with Gasteiger partial charge in [0.1, 0.15) is 29.5 Å². The van der Waals surface area contributed by atoms with Crippen molar-refractivity contribution in [3.63, 3.8) is 0 Å². The lowest BCUT2D eigenvalue weighted by Gasteiger charge is -2.32. The van der Waals surface area contributed by atoms with Crippen LogP contribution in [0.5, 0.6) is 0 Å². The highest BCUT2D eigenvalue weighted by molar-refractivity contribution is 5.87. The molecule has 10 heteroatoms. The maximum absolute atomic E-state index is 14.2. The number of hydrogen-bond donors (Lipinski definition) is 1. The molecule has 152 valence electrons. The summed E-state index contributed by atoms with van der Waals surface area (Å²) < 4.78 is 29.0. The van der Waals surface area contributed by atoms with Gasteiger partial charge in [0, 0.05) is 32.7 Å². The third kappa shape index (κ3) is 3.69. The lowest BCUT2D eigenvalue weighted by atomic mass is 9.96. The highest BCUT2D eigenvalue weighted by Gasteiger charge is 2.24. The van der Waals surface area contributed by atoms with Crippen LogP contribution in [0.25, 0.3) is 16.7 Å². The number of amides is 1. The highest BCUT2D eigenvalue weighted by atomic mass is 19.1. The Hall–Kier alpha value is -3.30. The zero-order chi connectivity index (χ0) is 20.5. The quantitative estimate of drug-likeness (QED) is 0.722. The van der Waals surface area contributed by atoms with E-state index in [4.69, 9.17) is 5.11 Å². The molecule has 0 bridgehead atoms. The molecule has 1 N–H and O–H groups in total. The zero-order valence-electron chi connectivity index (χ0n) is 15.8. The number of likely N-dealkylation sites (tertiary alicyclic amines) is 1. The van der Waals surface area contributed by atoms with Gasteiger partial charge in [-0.1, -0.05) is 0 Å². The molecule has 3 heterocycles. The first-order valence-electron chi connectivity index (χ1n) is 9.27. The Bertz CT molecular complexity index is 1050. The van der Waals surface area contributed by atoms with Crippen LogP contribution < -0.4 is 4.90 Å². The van der Waals surface area contributed by atoms with Crippen molar-refractivity contribution in [2.75, 3.05) is 31.6 Å². The molecule has 0 radical (unpaired) electrons. The molecule has 1 amide bonds. The number of hydrogen-bond acceptors (Lipinski definition) is 5. The van der Waals surface area contributed by atoms with E-state index in [-0.39, 0.29) is 5.69 Å². The largest absolute Gasteiger partial charge is 0.465 e. The fraction of sp³-hybridized carbons (Fsp3) is 0.368. The standard InChI is InChI=1S/C19H20F2N6O2/c1-25(10-12-4-6-26(7-5-12)19(28)29)17-14-9-24-27(18(14)23-11-22-17)16-8-13(20)2-3-15(16)21/h2-3,8-9,11-12H,4-7,10H2,1H3,(H,28,29). The van der Waals surface area contributed by atoms with E-state index in [0.717, 1.165) is 31.0 Å². The molecule has 1 saturated heterocycles. The Kier molecular flexibility index (Phi) is 4.99. The minimum absolute atomic E-state index is 0.0201. The van der Waals surface area contributed by atoms with Crippen LogP contribution in [-0.4, -0.2) is 62.5 Å². The molecule has 4 rings (SSSR count). The van der Waals surface area contributed by atoms with Gasteiger partial charge in [-0.15, -0.1) is 0 Å². The number of carboxylic acid groups (broad SMARTS) is 1. The summed E-state index contributed by atoms with van der Waals surface area (Å²) >= 11 is 0. The SMILES string of the molecule is CN(CC1CCN(C(=O)O)CC1)c1ncnc2c1cnn2-c1cc(F)ccc1F. The number of nitrogens with zero attached hydrogens (tertiary/aromatic N) is 6. The molecule has 1 aliphatic heterocycles. The van der Waals surface area contributed by atoms with E-state index in [2.05, 4.69) is 15.1 Å². The summed E-state index contributed by atoms with van der Waals surface area (Å²) in [6, 6.07) is 3.17. The number of carbonyl (C=O) groups is 1. The van der Waals surface area contributed by atoms with Crippen molar-refractivity contribution in [3.05, 3.63) is 42.4 Å². The predicted molar refractivity (Wildman–Crippen MR) is 102 cm³/mol. The fourth-order valence-corrected chi connectivity index (χ4v) is 3.74. The van der Waals surface area contributed by atoms with E-state index in [9.17, 15) is 13.6 Å². The zero-order valence-corrected chi connectivity index (χ0v) is 15.8. The molecule has 8 nitrogen and oxygen atoms in total. The number of rotatable bonds is 4. The summed E-state index contributed by atoms with van der Waals surface area (Å²) in [5, 5.41) is 13.9. The second-order valence-electron chi connectivity index (χ2n) is 7.18. The van der Waals surface area contributed by atoms with Crippen molar-refractivity contribution in [3.8, 4) is 5.69 Å². The minimum atomic E-state index is -0.883. The molecule has 0 spiro atoms. The molecule has 0 unspecified atom stereocenters. The van der Waals surface area contributed by atoms with Crippen LogP contribution in [0.1, 0.15) is 12.8 Å². The van der Waals surface area contributed by atoms with E-state index in [1.165, 1.54) is 15.9 Å². The van der Waals surface area contributed by atoms with Crippen LogP contribution in [0.3, 0.4) is 0 Å². The van der Waals surface area contributed by atoms with E-state index in [0.29, 0.717) is 42.4 Å². The van der Waals surface area contributed by atoms with Crippen LogP contribution in [0.15, 0.2) is 30.7 Å². The van der Waals surface area contributed by atoms with Gasteiger partial charge in [0.2, 0.25) is 0 Å². The molecule has 0 atom stereocenters. The number of aromatic nitrogens is 4. The molecular formula is C19H20F2N6O2. The Labute approximate surface area is 165 Å². The molecule has 1 fully saturated rings. The first kappa shape index (κ1) is 19.0. The smallest absolute Gasteiger partial charge is 0.407 e. The maximum atomic E-state index is 14.2. The first-order valence-corrected chi connectivity index (χ1v) is 9.27. The Morgan fingerprint density at radius 2 is 2.03 bits per heavy atom. The fourth-order valence-electron chi connectivity index (χ4n) is 3.74. The van der Waals surface area contributed by atoms with Gasteiger partial charge in [0.25, 0.3) is 0 Å². The van der Waals surface area contributed by atoms with Crippen molar-refractivity contribution in [1.29, 1.82) is 0 Å². The number of piperidine rings is 1. The number of halogens is 2. The summed E-state index contributed by atoms with van der Waals surface area (Å²) in [5.74, 6) is -0.200. The summed E-state index contributed by atoms with van der Waals surface area (Å²) in [6.07, 6.45) is 3.58. The third-order valence-corrected chi connectivity index (χ3v) is 5.26. The first-order chi connectivity index (χ1) is 13.9. The number of benzene rings is 1. The van der Waals surface area contributed by atoms with Crippen molar-refractivity contribution in [1.82, 2.24) is 24.6 Å². The molecule has 0 aliphatic carbocycles. The van der Waals surface area contributed by atoms with E-state index in [1.807, 2.05) is 11.9 Å². The van der Waals surface area contributed by atoms with E-state index >= 15 is 0 Å². The van der Waals surface area contributed by atoms with Crippen LogP contribution in [-0.2, 0) is 0 Å². The topological polar surface area (TPSA) is 87.4 Å². The van der Waals surface area contributed by atoms with Crippen molar-refractivity contribution >= 4 is 22.9 Å². The van der Waals surface area contributed by atoms with Gasteiger partial charge in [-0.25, -0.2) is 28.2 Å². The van der Waals surface area contributed by atoms with Gasteiger partial charge in [-0.2, -0.15) is 5.10 Å². The minimum Gasteiger partial charge on any atom is -0.465 e. The molecule has 2 aromatic heterocycles. The predicted octanol–water partition coefficient (Wildman–Crippen LogP) is 2.92. The average molecular weight is 402 g/mol. The lowest BCUT2D eigenvalue weighted by molar-refractivity contribution is 0.125. The second-order valence-corrected chi connectivity index (χ2v) is 7.18. The molecule has 0 saturated carbocycles. The summed E-state index contributed by atoms with van der Waals surface area (Å²) in [6.45, 7) is 1.73. The molecular weight excluding hydrogens is 382 g/mol. The van der Waals surface area contributed by atoms with Crippen LogP contribution in [0.4, 0.5) is 19.4 Å². The normalized spacial score (nSPS) is 15.1. The number of fused-ring (bicyclic) bond motifs is 1. The van der Waals surface area contributed by atoms with E-state index < -0.39 is 17.7 Å². The van der Waals surface area contributed by atoms with E-state index in [1.54, 1.807) is 6.20 Å². The monoisotopic (exact) mass is 402 g/mol. The molecule has 1 aliphatic rings. The Morgan fingerprint density at radius 3 is 2.76 bits per heavy atom. The third-order valence-electron chi connectivity index (χ3n) is 5.26. The van der Waals surface area contributed by atoms with Crippen LogP contribution in [0.2, 0.25) is 0 Å². The van der Waals surface area contributed by atoms with Gasteiger partial charge in [0.05, 0.1) is 11.6 Å². The molecule has 29 heavy (non-hydrogen) atoms. The van der Waals surface area contributed by atoms with Gasteiger partial charge in [-0.05, 0) is 30.9 Å². The van der Waals surface area contributed by atoms with Gasteiger partial charge < -0.3 is 14.9 Å². The highest BCUT2D eigenvalue weighted by Crippen LogP contribution is 2.27. The Balaban J connectivity index is 1.58. The van der Waals surface area contributed by atoms with Crippen molar-refractivity contribution in [2.45, 2.75) is 12.8 Å². The molecule has 1 aromatic carbocycles. The Morgan fingerprint density at radius 1 is 1.28 bits per heavy atom. The molecule has 3 aromatic rings. The second kappa shape index (κ2) is 7.61. The average Bonchev–Trinajstić information content (AvgIpc) is 3.14. The van der Waals surface area contributed by atoms with Gasteiger partial charge >= 0.3 is 6.09 Å². The maximum Gasteiger partial charge on any atom is 0.407 e. The van der Waals surface area contributed by atoms with Gasteiger partial charge in [0.15, 0.2) is 5.65 Å².